The van der Waals surface area contributed by atoms with Gasteiger partial charge in [-0.2, -0.15) is 0 Å². The third-order valence-corrected chi connectivity index (χ3v) is 5.91. The minimum Gasteiger partial charge on any atom is -0.497 e. The van der Waals surface area contributed by atoms with Crippen molar-refractivity contribution in [1.29, 1.82) is 0 Å². The Hall–Kier alpha value is -2.33. The number of hydrogen-bond acceptors (Lipinski definition) is 3. The van der Waals surface area contributed by atoms with Gasteiger partial charge in [-0.25, -0.2) is 0 Å². The first kappa shape index (κ1) is 20.4. The summed E-state index contributed by atoms with van der Waals surface area (Å²) in [5.74, 6) is 1.67. The number of ether oxygens (including phenoxy) is 1. The highest BCUT2D eigenvalue weighted by atomic mass is 16.5. The molecule has 1 N–H and O–H groups in total. The molecule has 1 aliphatic rings. The zero-order chi connectivity index (χ0) is 20.1. The standard InChI is InChI=1S/C24H32N2O2/c1-17-5-6-18(2)23(15-17)25-24(27)19(3)26-13-11-21(12-14-26)16-20-7-9-22(28-4)10-8-20/h5-10,15,19,21H,11-14,16H2,1-4H3,(H,25,27). The van der Waals surface area contributed by atoms with Crippen LogP contribution >= 0.6 is 0 Å². The van der Waals surface area contributed by atoms with Gasteiger partial charge in [0.1, 0.15) is 5.75 Å². The number of likely N-dealkylation sites (tertiary alicyclic amines) is 1. The number of aryl methyl sites for hydroxylation is 2. The van der Waals surface area contributed by atoms with E-state index in [-0.39, 0.29) is 11.9 Å². The molecule has 0 saturated carbocycles. The first-order chi connectivity index (χ1) is 13.5. The van der Waals surface area contributed by atoms with Gasteiger partial charge in [0.25, 0.3) is 0 Å². The molecule has 1 fully saturated rings. The largest absolute Gasteiger partial charge is 0.497 e. The molecule has 4 nitrogen and oxygen atoms in total. The second kappa shape index (κ2) is 9.24. The Balaban J connectivity index is 1.50. The van der Waals surface area contributed by atoms with Crippen molar-refractivity contribution in [2.45, 2.75) is 46.1 Å². The van der Waals surface area contributed by atoms with E-state index in [1.165, 1.54) is 5.56 Å². The molecule has 2 aromatic carbocycles. The number of rotatable bonds is 6. The molecule has 0 bridgehead atoms. The molecule has 150 valence electrons. The van der Waals surface area contributed by atoms with Gasteiger partial charge in [-0.05, 0) is 93.9 Å². The lowest BCUT2D eigenvalue weighted by Gasteiger charge is -2.35. The summed E-state index contributed by atoms with van der Waals surface area (Å²) >= 11 is 0. The van der Waals surface area contributed by atoms with Crippen molar-refractivity contribution in [3.63, 3.8) is 0 Å². The van der Waals surface area contributed by atoms with Gasteiger partial charge in [0, 0.05) is 5.69 Å². The number of methoxy groups -OCH3 is 1. The quantitative estimate of drug-likeness (QED) is 0.797. The Labute approximate surface area is 168 Å². The van der Waals surface area contributed by atoms with Gasteiger partial charge in [-0.15, -0.1) is 0 Å². The van der Waals surface area contributed by atoms with Crippen molar-refractivity contribution in [2.24, 2.45) is 5.92 Å². The number of piperidine rings is 1. The lowest BCUT2D eigenvalue weighted by molar-refractivity contribution is -0.121. The van der Waals surface area contributed by atoms with Gasteiger partial charge < -0.3 is 10.1 Å². The monoisotopic (exact) mass is 380 g/mol. The van der Waals surface area contributed by atoms with Crippen LogP contribution in [0.25, 0.3) is 0 Å². The normalized spacial score (nSPS) is 16.6. The van der Waals surface area contributed by atoms with E-state index in [1.807, 2.05) is 39.0 Å². The van der Waals surface area contributed by atoms with E-state index < -0.39 is 0 Å². The number of amides is 1. The van der Waals surface area contributed by atoms with Crippen LogP contribution in [0.2, 0.25) is 0 Å². The molecule has 0 radical (unpaired) electrons. The number of carbonyl (C=O) groups is 1. The predicted octanol–water partition coefficient (Wildman–Crippen LogP) is 4.59. The third kappa shape index (κ3) is 5.14. The molecule has 4 heteroatoms. The minimum absolute atomic E-state index is 0.0855. The van der Waals surface area contributed by atoms with E-state index in [2.05, 4.69) is 34.5 Å². The Morgan fingerprint density at radius 3 is 2.46 bits per heavy atom. The van der Waals surface area contributed by atoms with Crippen LogP contribution in [0, 0.1) is 19.8 Å². The SMILES string of the molecule is COc1ccc(CC2CCN(C(C)C(=O)Nc3cc(C)ccc3C)CC2)cc1. The fraction of sp³-hybridized carbons (Fsp3) is 0.458. The molecule has 0 spiro atoms. The second-order valence-electron chi connectivity index (χ2n) is 8.02. The summed E-state index contributed by atoms with van der Waals surface area (Å²) in [5.41, 5.74) is 4.54. The lowest BCUT2D eigenvalue weighted by Crippen LogP contribution is -2.46. The maximum absolute atomic E-state index is 12.7. The second-order valence-corrected chi connectivity index (χ2v) is 8.02. The average Bonchev–Trinajstić information content (AvgIpc) is 2.71. The summed E-state index contributed by atoms with van der Waals surface area (Å²) in [5, 5.41) is 3.12. The summed E-state index contributed by atoms with van der Waals surface area (Å²) in [6.45, 7) is 8.05. The first-order valence-electron chi connectivity index (χ1n) is 10.2. The Kier molecular flexibility index (Phi) is 6.74. The average molecular weight is 381 g/mol. The molecule has 2 aromatic rings. The topological polar surface area (TPSA) is 41.6 Å². The van der Waals surface area contributed by atoms with E-state index >= 15 is 0 Å². The molecule has 0 aliphatic carbocycles. The van der Waals surface area contributed by atoms with Gasteiger partial charge in [-0.1, -0.05) is 24.3 Å². The van der Waals surface area contributed by atoms with Crippen molar-refractivity contribution in [1.82, 2.24) is 4.90 Å². The van der Waals surface area contributed by atoms with Crippen LogP contribution in [0.5, 0.6) is 5.75 Å². The zero-order valence-electron chi connectivity index (χ0n) is 17.5. The maximum Gasteiger partial charge on any atom is 0.241 e. The summed E-state index contributed by atoms with van der Waals surface area (Å²) in [7, 11) is 1.70. The van der Waals surface area contributed by atoms with Crippen LogP contribution in [-0.4, -0.2) is 37.0 Å². The highest BCUT2D eigenvalue weighted by molar-refractivity contribution is 5.95. The van der Waals surface area contributed by atoms with E-state index in [0.29, 0.717) is 5.92 Å². The van der Waals surface area contributed by atoms with Crippen molar-refractivity contribution >= 4 is 11.6 Å². The van der Waals surface area contributed by atoms with Gasteiger partial charge in [0.2, 0.25) is 5.91 Å². The summed E-state index contributed by atoms with van der Waals surface area (Å²) in [6, 6.07) is 14.4. The van der Waals surface area contributed by atoms with Gasteiger partial charge in [0.15, 0.2) is 0 Å². The van der Waals surface area contributed by atoms with Crippen LogP contribution in [0.3, 0.4) is 0 Å². The Morgan fingerprint density at radius 2 is 1.82 bits per heavy atom. The molecule has 3 rings (SSSR count). The molecule has 1 saturated heterocycles. The zero-order valence-corrected chi connectivity index (χ0v) is 17.5. The van der Waals surface area contributed by atoms with E-state index in [1.54, 1.807) is 7.11 Å². The molecule has 28 heavy (non-hydrogen) atoms. The molecular formula is C24H32N2O2. The van der Waals surface area contributed by atoms with Crippen molar-refractivity contribution in [3.8, 4) is 5.75 Å². The fourth-order valence-corrected chi connectivity index (χ4v) is 3.91. The predicted molar refractivity (Wildman–Crippen MR) is 115 cm³/mol. The molecule has 1 aliphatic heterocycles. The number of hydrogen-bond donors (Lipinski definition) is 1. The minimum atomic E-state index is -0.109. The molecule has 1 atom stereocenters. The lowest BCUT2D eigenvalue weighted by atomic mass is 9.89. The van der Waals surface area contributed by atoms with Crippen LogP contribution in [0.15, 0.2) is 42.5 Å². The van der Waals surface area contributed by atoms with Crippen LogP contribution in [-0.2, 0) is 11.2 Å². The molecule has 1 heterocycles. The smallest absolute Gasteiger partial charge is 0.241 e. The van der Waals surface area contributed by atoms with Crippen molar-refractivity contribution < 1.29 is 9.53 Å². The van der Waals surface area contributed by atoms with Gasteiger partial charge in [-0.3, -0.25) is 9.69 Å². The van der Waals surface area contributed by atoms with Gasteiger partial charge >= 0.3 is 0 Å². The highest BCUT2D eigenvalue weighted by Crippen LogP contribution is 2.25. The molecule has 0 aromatic heterocycles. The van der Waals surface area contributed by atoms with E-state index in [4.69, 9.17) is 4.74 Å². The van der Waals surface area contributed by atoms with Crippen LogP contribution < -0.4 is 10.1 Å². The third-order valence-electron chi connectivity index (χ3n) is 5.91. The first-order valence-corrected chi connectivity index (χ1v) is 10.2. The van der Waals surface area contributed by atoms with Crippen molar-refractivity contribution in [3.05, 3.63) is 59.2 Å². The van der Waals surface area contributed by atoms with Crippen molar-refractivity contribution in [2.75, 3.05) is 25.5 Å². The van der Waals surface area contributed by atoms with E-state index in [0.717, 1.165) is 54.9 Å². The number of anilines is 1. The van der Waals surface area contributed by atoms with E-state index in [9.17, 15) is 4.79 Å². The number of carbonyl (C=O) groups excluding carboxylic acids is 1. The fourth-order valence-electron chi connectivity index (χ4n) is 3.91. The number of benzene rings is 2. The number of nitrogens with zero attached hydrogens (tertiary/aromatic N) is 1. The summed E-state index contributed by atoms with van der Waals surface area (Å²) < 4.78 is 5.23. The van der Waals surface area contributed by atoms with Crippen LogP contribution in [0.1, 0.15) is 36.5 Å². The van der Waals surface area contributed by atoms with Crippen LogP contribution in [0.4, 0.5) is 5.69 Å². The Bertz CT molecular complexity index is 793. The number of nitrogens with one attached hydrogen (secondary N) is 1. The Morgan fingerprint density at radius 1 is 1.14 bits per heavy atom. The molecular weight excluding hydrogens is 348 g/mol. The maximum atomic E-state index is 12.7. The highest BCUT2D eigenvalue weighted by Gasteiger charge is 2.27. The van der Waals surface area contributed by atoms with Gasteiger partial charge in [0.05, 0.1) is 13.2 Å². The molecule has 1 unspecified atom stereocenters. The molecule has 1 amide bonds. The summed E-state index contributed by atoms with van der Waals surface area (Å²) in [4.78, 5) is 15.1. The summed E-state index contributed by atoms with van der Waals surface area (Å²) in [6.07, 6.45) is 3.36.